The molecule has 0 saturated heterocycles. The number of ether oxygens (including phenoxy) is 1. The predicted octanol–water partition coefficient (Wildman–Crippen LogP) is 2.51. The van der Waals surface area contributed by atoms with Crippen molar-refractivity contribution in [2.45, 2.75) is 4.90 Å². The Labute approximate surface area is 151 Å². The zero-order valence-corrected chi connectivity index (χ0v) is 14.8. The highest BCUT2D eigenvalue weighted by Gasteiger charge is 2.14. The number of carbonyl (C=O) groups excluding carboxylic acids is 1. The monoisotopic (exact) mass is 378 g/mol. The van der Waals surface area contributed by atoms with E-state index < -0.39 is 15.9 Å². The Morgan fingerprint density at radius 1 is 1.24 bits per heavy atom. The Kier molecular flexibility index (Phi) is 6.04. The van der Waals surface area contributed by atoms with Crippen molar-refractivity contribution >= 4 is 33.2 Å². The first-order valence-corrected chi connectivity index (χ1v) is 8.91. The molecular weight excluding hydrogens is 364 g/mol. The summed E-state index contributed by atoms with van der Waals surface area (Å²) in [6.07, 6.45) is 5.03. The minimum atomic E-state index is -3.69. The third kappa shape index (κ3) is 4.73. The second-order valence-electron chi connectivity index (χ2n) is 4.86. The van der Waals surface area contributed by atoms with Gasteiger partial charge in [-0.1, -0.05) is 17.5 Å². The van der Waals surface area contributed by atoms with E-state index >= 15 is 0 Å². The molecular formula is C17H15ClN2O4S. The molecule has 25 heavy (non-hydrogen) atoms. The molecule has 2 rings (SSSR count). The molecule has 2 aromatic carbocycles. The van der Waals surface area contributed by atoms with Gasteiger partial charge in [0.25, 0.3) is 5.91 Å². The minimum absolute atomic E-state index is 0.0202. The molecule has 0 bridgehead atoms. The molecule has 0 saturated carbocycles. The van der Waals surface area contributed by atoms with Crippen LogP contribution in [-0.2, 0) is 10.0 Å². The molecule has 6 nitrogen and oxygen atoms in total. The fraction of sp³-hybridized carbons (Fsp3) is 0.118. The summed E-state index contributed by atoms with van der Waals surface area (Å²) in [6.45, 7) is -0.108. The van der Waals surface area contributed by atoms with Crippen molar-refractivity contribution < 1.29 is 17.9 Å². The minimum Gasteiger partial charge on any atom is -0.495 e. The summed E-state index contributed by atoms with van der Waals surface area (Å²) in [7, 11) is -2.20. The molecule has 8 heteroatoms. The topological polar surface area (TPSA) is 84.5 Å². The number of nitrogens with one attached hydrogen (secondary N) is 2. The van der Waals surface area contributed by atoms with E-state index in [9.17, 15) is 13.2 Å². The van der Waals surface area contributed by atoms with E-state index in [1.54, 1.807) is 18.2 Å². The second-order valence-corrected chi connectivity index (χ2v) is 7.03. The first kappa shape index (κ1) is 18.8. The van der Waals surface area contributed by atoms with Crippen LogP contribution in [0, 0.1) is 12.3 Å². The molecule has 0 aliphatic rings. The van der Waals surface area contributed by atoms with Crippen molar-refractivity contribution in [1.82, 2.24) is 4.72 Å². The Bertz CT molecular complexity index is 919. The van der Waals surface area contributed by atoms with Crippen LogP contribution in [-0.4, -0.2) is 28.0 Å². The molecule has 0 spiro atoms. The molecule has 0 aliphatic carbocycles. The van der Waals surface area contributed by atoms with Crippen molar-refractivity contribution in [3.05, 3.63) is 53.1 Å². The number of terminal acetylenes is 1. The average molecular weight is 379 g/mol. The highest BCUT2D eigenvalue weighted by molar-refractivity contribution is 7.89. The Morgan fingerprint density at radius 3 is 2.48 bits per heavy atom. The number of benzene rings is 2. The van der Waals surface area contributed by atoms with Gasteiger partial charge in [-0.25, -0.2) is 8.42 Å². The van der Waals surface area contributed by atoms with Gasteiger partial charge in [0.1, 0.15) is 5.75 Å². The van der Waals surface area contributed by atoms with Gasteiger partial charge in [0.15, 0.2) is 0 Å². The van der Waals surface area contributed by atoms with Crippen LogP contribution in [0.2, 0.25) is 5.02 Å². The first-order valence-electron chi connectivity index (χ1n) is 7.05. The van der Waals surface area contributed by atoms with E-state index in [-0.39, 0.29) is 11.4 Å². The van der Waals surface area contributed by atoms with Crippen LogP contribution in [0.3, 0.4) is 0 Å². The fourth-order valence-electron chi connectivity index (χ4n) is 1.95. The van der Waals surface area contributed by atoms with Gasteiger partial charge in [0, 0.05) is 11.3 Å². The van der Waals surface area contributed by atoms with Crippen molar-refractivity contribution in [2.75, 3.05) is 19.0 Å². The molecule has 2 aromatic rings. The van der Waals surface area contributed by atoms with Crippen molar-refractivity contribution in [3.63, 3.8) is 0 Å². The highest BCUT2D eigenvalue weighted by Crippen LogP contribution is 2.27. The van der Waals surface area contributed by atoms with E-state index in [1.165, 1.54) is 31.4 Å². The number of amides is 1. The molecule has 130 valence electrons. The summed E-state index contributed by atoms with van der Waals surface area (Å²) in [5.74, 6) is 2.28. The summed E-state index contributed by atoms with van der Waals surface area (Å²) in [5, 5.41) is 3.03. The van der Waals surface area contributed by atoms with Crippen LogP contribution < -0.4 is 14.8 Å². The summed E-state index contributed by atoms with van der Waals surface area (Å²) < 4.78 is 31.1. The van der Waals surface area contributed by atoms with E-state index in [4.69, 9.17) is 22.8 Å². The van der Waals surface area contributed by atoms with Crippen LogP contribution in [0.4, 0.5) is 5.69 Å². The molecule has 0 fully saturated rings. The van der Waals surface area contributed by atoms with Gasteiger partial charge in [-0.2, -0.15) is 4.72 Å². The summed E-state index contributed by atoms with van der Waals surface area (Å²) >= 11 is 6.01. The number of carbonyl (C=O) groups is 1. The van der Waals surface area contributed by atoms with Crippen LogP contribution in [0.25, 0.3) is 0 Å². The van der Waals surface area contributed by atoms with Gasteiger partial charge in [0.05, 0.1) is 23.6 Å². The van der Waals surface area contributed by atoms with Crippen molar-refractivity contribution in [3.8, 4) is 18.1 Å². The molecule has 1 amide bonds. The van der Waals surface area contributed by atoms with Crippen molar-refractivity contribution in [1.29, 1.82) is 0 Å². The van der Waals surface area contributed by atoms with Crippen molar-refractivity contribution in [2.24, 2.45) is 0 Å². The summed E-state index contributed by atoms with van der Waals surface area (Å²) in [4.78, 5) is 12.3. The van der Waals surface area contributed by atoms with Crippen LogP contribution in [0.1, 0.15) is 10.4 Å². The first-order chi connectivity index (χ1) is 11.9. The van der Waals surface area contributed by atoms with E-state index in [2.05, 4.69) is 16.0 Å². The lowest BCUT2D eigenvalue weighted by Crippen LogP contribution is -2.24. The third-order valence-electron chi connectivity index (χ3n) is 3.20. The smallest absolute Gasteiger partial charge is 0.255 e. The van der Waals surface area contributed by atoms with Gasteiger partial charge in [-0.05, 0) is 42.5 Å². The van der Waals surface area contributed by atoms with Gasteiger partial charge >= 0.3 is 0 Å². The van der Waals surface area contributed by atoms with Crippen LogP contribution >= 0.6 is 11.6 Å². The number of sulfonamides is 1. The van der Waals surface area contributed by atoms with E-state index in [0.717, 1.165) is 0 Å². The summed E-state index contributed by atoms with van der Waals surface area (Å²) in [5.41, 5.74) is 0.783. The van der Waals surface area contributed by atoms with Gasteiger partial charge in [-0.15, -0.1) is 6.42 Å². The van der Waals surface area contributed by atoms with Gasteiger partial charge in [0.2, 0.25) is 10.0 Å². The lowest BCUT2D eigenvalue weighted by Gasteiger charge is -2.09. The molecule has 0 aromatic heterocycles. The van der Waals surface area contributed by atoms with Gasteiger partial charge in [-0.3, -0.25) is 4.79 Å². The van der Waals surface area contributed by atoms with E-state index in [0.29, 0.717) is 22.0 Å². The molecule has 0 unspecified atom stereocenters. The number of hydrogen-bond acceptors (Lipinski definition) is 4. The largest absolute Gasteiger partial charge is 0.495 e. The predicted molar refractivity (Wildman–Crippen MR) is 96.4 cm³/mol. The number of rotatable bonds is 6. The number of hydrogen-bond donors (Lipinski definition) is 2. The zero-order chi connectivity index (χ0) is 18.4. The molecule has 0 radical (unpaired) electrons. The Hall–Kier alpha value is -2.53. The molecule has 0 aliphatic heterocycles. The highest BCUT2D eigenvalue weighted by atomic mass is 35.5. The Balaban J connectivity index is 2.13. The fourth-order valence-corrected chi connectivity index (χ4v) is 3.14. The van der Waals surface area contributed by atoms with Crippen LogP contribution in [0.5, 0.6) is 5.75 Å². The maximum absolute atomic E-state index is 12.2. The van der Waals surface area contributed by atoms with Gasteiger partial charge < -0.3 is 10.1 Å². The van der Waals surface area contributed by atoms with E-state index in [1.807, 2.05) is 0 Å². The third-order valence-corrected chi connectivity index (χ3v) is 4.91. The molecule has 0 heterocycles. The lowest BCUT2D eigenvalue weighted by molar-refractivity contribution is 0.102. The second kappa shape index (κ2) is 8.03. The maximum atomic E-state index is 12.2. The zero-order valence-electron chi connectivity index (χ0n) is 13.2. The summed E-state index contributed by atoms with van der Waals surface area (Å²) in [6, 6.07) is 10.3. The SMILES string of the molecule is C#CCNS(=O)(=O)c1ccc(C(=O)Nc2ccc(OC)c(Cl)c2)cc1. The van der Waals surface area contributed by atoms with Crippen LogP contribution in [0.15, 0.2) is 47.4 Å². The normalized spacial score (nSPS) is 10.8. The number of methoxy groups -OCH3 is 1. The average Bonchev–Trinajstić information content (AvgIpc) is 2.60. The molecule has 0 atom stereocenters. The number of anilines is 1. The molecule has 2 N–H and O–H groups in total. The lowest BCUT2D eigenvalue weighted by atomic mass is 10.2. The standard InChI is InChI=1S/C17H15ClN2O4S/c1-3-10-19-25(22,23)14-7-4-12(5-8-14)17(21)20-13-6-9-16(24-2)15(18)11-13/h1,4-9,11,19H,10H2,2H3,(H,20,21). The number of halogens is 1. The maximum Gasteiger partial charge on any atom is 0.255 e. The quantitative estimate of drug-likeness (QED) is 0.756. The Morgan fingerprint density at radius 2 is 1.92 bits per heavy atom.